The molecule has 7 heteroatoms. The molecule has 0 heterocycles. The van der Waals surface area contributed by atoms with Gasteiger partial charge in [-0.1, -0.05) is 12.1 Å². The predicted octanol–water partition coefficient (Wildman–Crippen LogP) is 2.83. The Morgan fingerprint density at radius 2 is 1.88 bits per heavy atom. The van der Waals surface area contributed by atoms with Crippen molar-refractivity contribution in [1.29, 1.82) is 0 Å². The van der Waals surface area contributed by atoms with Crippen molar-refractivity contribution in [3.8, 4) is 5.75 Å². The monoisotopic (exact) mass is 335 g/mol. The molecular formula is C17H15F2NO4. The normalized spacial score (nSPS) is 10.1. The van der Waals surface area contributed by atoms with Gasteiger partial charge in [-0.05, 0) is 36.8 Å². The lowest BCUT2D eigenvalue weighted by Gasteiger charge is -2.08. The second-order valence-electron chi connectivity index (χ2n) is 4.94. The number of esters is 1. The lowest BCUT2D eigenvalue weighted by Crippen LogP contribution is -2.24. The Morgan fingerprint density at radius 3 is 2.58 bits per heavy atom. The summed E-state index contributed by atoms with van der Waals surface area (Å²) in [7, 11) is 0. The maximum absolute atomic E-state index is 13.4. The Labute approximate surface area is 137 Å². The number of ether oxygens (including phenoxy) is 2. The Hall–Kier alpha value is -2.96. The molecule has 0 fully saturated rings. The first kappa shape index (κ1) is 17.4. The molecule has 1 N–H and O–H groups in total. The third-order valence-electron chi connectivity index (χ3n) is 2.92. The van der Waals surface area contributed by atoms with Crippen molar-refractivity contribution in [2.45, 2.75) is 6.92 Å². The highest BCUT2D eigenvalue weighted by molar-refractivity contribution is 5.92. The van der Waals surface area contributed by atoms with Gasteiger partial charge in [0.05, 0.1) is 5.69 Å². The predicted molar refractivity (Wildman–Crippen MR) is 82.6 cm³/mol. The highest BCUT2D eigenvalue weighted by atomic mass is 19.1. The quantitative estimate of drug-likeness (QED) is 0.825. The van der Waals surface area contributed by atoms with E-state index in [1.165, 1.54) is 0 Å². The molecule has 0 saturated carbocycles. The molecule has 0 bridgehead atoms. The molecule has 0 aliphatic carbocycles. The number of aryl methyl sites for hydroxylation is 1. The van der Waals surface area contributed by atoms with E-state index in [0.717, 1.165) is 17.7 Å². The van der Waals surface area contributed by atoms with Crippen LogP contribution < -0.4 is 10.1 Å². The fraction of sp³-hybridized carbons (Fsp3) is 0.176. The second-order valence-corrected chi connectivity index (χ2v) is 4.94. The van der Waals surface area contributed by atoms with E-state index in [4.69, 9.17) is 9.47 Å². The minimum absolute atomic E-state index is 0.201. The number of halogens is 2. The number of hydrogen-bond acceptors (Lipinski definition) is 4. The van der Waals surface area contributed by atoms with Crippen LogP contribution in [0.3, 0.4) is 0 Å². The molecule has 0 spiro atoms. The van der Waals surface area contributed by atoms with Crippen molar-refractivity contribution in [2.24, 2.45) is 0 Å². The average molecular weight is 335 g/mol. The third-order valence-corrected chi connectivity index (χ3v) is 2.92. The molecule has 24 heavy (non-hydrogen) atoms. The van der Waals surface area contributed by atoms with E-state index in [1.807, 2.05) is 13.0 Å². The van der Waals surface area contributed by atoms with Crippen molar-refractivity contribution in [3.63, 3.8) is 0 Å². The molecule has 5 nitrogen and oxygen atoms in total. The molecule has 0 aliphatic rings. The summed E-state index contributed by atoms with van der Waals surface area (Å²) in [6, 6.07) is 9.80. The Bertz CT molecular complexity index is 749. The first-order valence-electron chi connectivity index (χ1n) is 7.04. The van der Waals surface area contributed by atoms with Crippen molar-refractivity contribution in [3.05, 3.63) is 59.7 Å². The molecule has 2 rings (SSSR count). The molecule has 0 aliphatic heterocycles. The Kier molecular flexibility index (Phi) is 5.83. The fourth-order valence-corrected chi connectivity index (χ4v) is 1.81. The van der Waals surface area contributed by atoms with Crippen LogP contribution in [0.4, 0.5) is 14.5 Å². The van der Waals surface area contributed by atoms with Crippen LogP contribution in [0.2, 0.25) is 0 Å². The van der Waals surface area contributed by atoms with Gasteiger partial charge < -0.3 is 14.8 Å². The standard InChI is InChI=1S/C17H15F2NO4/c1-11-3-2-4-13(7-11)23-10-17(22)24-9-16(21)20-15-6-5-12(18)8-14(15)19/h2-8H,9-10H2,1H3,(H,20,21). The van der Waals surface area contributed by atoms with E-state index in [0.29, 0.717) is 11.8 Å². The van der Waals surface area contributed by atoms with Crippen LogP contribution in [0.5, 0.6) is 5.75 Å². The van der Waals surface area contributed by atoms with Gasteiger partial charge in [0.1, 0.15) is 17.4 Å². The zero-order chi connectivity index (χ0) is 17.5. The largest absolute Gasteiger partial charge is 0.482 e. The van der Waals surface area contributed by atoms with Crippen LogP contribution in [0.15, 0.2) is 42.5 Å². The maximum Gasteiger partial charge on any atom is 0.344 e. The molecule has 0 saturated heterocycles. The minimum atomic E-state index is -0.919. The van der Waals surface area contributed by atoms with Crippen molar-refractivity contribution < 1.29 is 27.8 Å². The Morgan fingerprint density at radius 1 is 1.08 bits per heavy atom. The van der Waals surface area contributed by atoms with Crippen LogP contribution in [-0.4, -0.2) is 25.1 Å². The van der Waals surface area contributed by atoms with Crippen LogP contribution in [0.25, 0.3) is 0 Å². The number of anilines is 1. The van der Waals surface area contributed by atoms with Gasteiger partial charge in [-0.25, -0.2) is 13.6 Å². The molecule has 126 valence electrons. The van der Waals surface area contributed by atoms with Crippen LogP contribution in [0.1, 0.15) is 5.56 Å². The van der Waals surface area contributed by atoms with E-state index >= 15 is 0 Å². The first-order chi connectivity index (χ1) is 11.4. The molecule has 0 radical (unpaired) electrons. The molecule has 0 atom stereocenters. The van der Waals surface area contributed by atoms with Crippen LogP contribution in [0, 0.1) is 18.6 Å². The Balaban J connectivity index is 1.75. The van der Waals surface area contributed by atoms with Gasteiger partial charge in [-0.15, -0.1) is 0 Å². The van der Waals surface area contributed by atoms with E-state index in [1.54, 1.807) is 18.2 Å². The molecular weight excluding hydrogens is 320 g/mol. The first-order valence-corrected chi connectivity index (χ1v) is 7.04. The summed E-state index contributed by atoms with van der Waals surface area (Å²) in [5.41, 5.74) is 0.773. The number of benzene rings is 2. The topological polar surface area (TPSA) is 64.6 Å². The van der Waals surface area contributed by atoms with Crippen LogP contribution >= 0.6 is 0 Å². The molecule has 2 aromatic rings. The molecule has 0 unspecified atom stereocenters. The lowest BCUT2D eigenvalue weighted by atomic mass is 10.2. The lowest BCUT2D eigenvalue weighted by molar-refractivity contribution is -0.149. The highest BCUT2D eigenvalue weighted by Gasteiger charge is 2.11. The van der Waals surface area contributed by atoms with E-state index < -0.39 is 30.1 Å². The number of carbonyl (C=O) groups is 2. The average Bonchev–Trinajstić information content (AvgIpc) is 2.54. The number of rotatable bonds is 6. The molecule has 2 aromatic carbocycles. The SMILES string of the molecule is Cc1cccc(OCC(=O)OCC(=O)Nc2ccc(F)cc2F)c1. The van der Waals surface area contributed by atoms with Gasteiger partial charge >= 0.3 is 5.97 Å². The van der Waals surface area contributed by atoms with E-state index in [-0.39, 0.29) is 12.3 Å². The molecule has 1 amide bonds. The minimum Gasteiger partial charge on any atom is -0.482 e. The van der Waals surface area contributed by atoms with Crippen molar-refractivity contribution in [2.75, 3.05) is 18.5 Å². The number of amides is 1. The summed E-state index contributed by atoms with van der Waals surface area (Å²) < 4.78 is 36.1. The van der Waals surface area contributed by atoms with Crippen LogP contribution in [-0.2, 0) is 14.3 Å². The summed E-state index contributed by atoms with van der Waals surface area (Å²) in [6.45, 7) is 0.915. The van der Waals surface area contributed by atoms with Gasteiger partial charge in [0.15, 0.2) is 13.2 Å². The fourth-order valence-electron chi connectivity index (χ4n) is 1.81. The zero-order valence-corrected chi connectivity index (χ0v) is 12.8. The summed E-state index contributed by atoms with van der Waals surface area (Å²) in [5.74, 6) is -2.66. The highest BCUT2D eigenvalue weighted by Crippen LogP contribution is 2.15. The number of carbonyl (C=O) groups excluding carboxylic acids is 2. The van der Waals surface area contributed by atoms with Crippen molar-refractivity contribution in [1.82, 2.24) is 0 Å². The van der Waals surface area contributed by atoms with Gasteiger partial charge in [0.2, 0.25) is 0 Å². The summed E-state index contributed by atoms with van der Waals surface area (Å²) in [5, 5.41) is 2.18. The smallest absolute Gasteiger partial charge is 0.344 e. The number of nitrogens with one attached hydrogen (secondary N) is 1. The van der Waals surface area contributed by atoms with Gasteiger partial charge in [0, 0.05) is 6.07 Å². The maximum atomic E-state index is 13.4. The van der Waals surface area contributed by atoms with Gasteiger partial charge in [0.25, 0.3) is 5.91 Å². The summed E-state index contributed by atoms with van der Waals surface area (Å²) >= 11 is 0. The zero-order valence-electron chi connectivity index (χ0n) is 12.8. The summed E-state index contributed by atoms with van der Waals surface area (Å²) in [6.07, 6.45) is 0. The summed E-state index contributed by atoms with van der Waals surface area (Å²) in [4.78, 5) is 23.1. The van der Waals surface area contributed by atoms with E-state index in [9.17, 15) is 18.4 Å². The molecule has 0 aromatic heterocycles. The number of hydrogen-bond donors (Lipinski definition) is 1. The second kappa shape index (κ2) is 8.05. The van der Waals surface area contributed by atoms with Crippen molar-refractivity contribution >= 4 is 17.6 Å². The third kappa shape index (κ3) is 5.35. The van der Waals surface area contributed by atoms with Gasteiger partial charge in [-0.2, -0.15) is 0 Å². The van der Waals surface area contributed by atoms with Gasteiger partial charge in [-0.3, -0.25) is 4.79 Å². The van der Waals surface area contributed by atoms with E-state index in [2.05, 4.69) is 5.32 Å².